The van der Waals surface area contributed by atoms with E-state index >= 15 is 0 Å². The lowest BCUT2D eigenvalue weighted by Gasteiger charge is -2.24. The number of nitrogens with zero attached hydrogens (tertiary/aromatic N) is 2. The second-order valence-corrected chi connectivity index (χ2v) is 7.98. The van der Waals surface area contributed by atoms with Gasteiger partial charge in [-0.15, -0.1) is 0 Å². The van der Waals surface area contributed by atoms with E-state index in [4.69, 9.17) is 5.73 Å². The molecule has 1 saturated carbocycles. The number of aromatic nitrogens is 2. The predicted molar refractivity (Wildman–Crippen MR) is 124 cm³/mol. The Bertz CT molecular complexity index is 1080. The molecule has 4 rings (SSSR count). The van der Waals surface area contributed by atoms with Gasteiger partial charge in [-0.2, -0.15) is 4.98 Å². The van der Waals surface area contributed by atoms with Crippen LogP contribution in [0.3, 0.4) is 0 Å². The fraction of sp³-hybridized carbons (Fsp3) is 0.333. The van der Waals surface area contributed by atoms with Crippen LogP contribution in [0, 0.1) is 0 Å². The number of hydrogen-bond donors (Lipinski definition) is 3. The minimum Gasteiger partial charge on any atom is -0.375 e. The third-order valence-electron chi connectivity index (χ3n) is 5.75. The molecule has 1 atom stereocenters. The summed E-state index contributed by atoms with van der Waals surface area (Å²) in [4.78, 5) is 31.1. The maximum absolute atomic E-state index is 11.3. The van der Waals surface area contributed by atoms with Gasteiger partial charge in [-0.25, -0.2) is 4.98 Å². The van der Waals surface area contributed by atoms with Crippen LogP contribution < -0.4 is 16.4 Å². The van der Waals surface area contributed by atoms with Crippen LogP contribution in [0.1, 0.15) is 38.5 Å². The maximum atomic E-state index is 11.3. The summed E-state index contributed by atoms with van der Waals surface area (Å²) in [7, 11) is 0. The Balaban J connectivity index is 1.72. The van der Waals surface area contributed by atoms with E-state index in [9.17, 15) is 9.59 Å². The summed E-state index contributed by atoms with van der Waals surface area (Å²) in [6.45, 7) is 0. The topological polar surface area (TPSA) is 110 Å². The van der Waals surface area contributed by atoms with Gasteiger partial charge in [-0.05, 0) is 36.6 Å². The minimum atomic E-state index is -0.564. The fourth-order valence-corrected chi connectivity index (χ4v) is 4.18. The zero-order chi connectivity index (χ0) is 21.6. The number of nitrogens with two attached hydrogens (primary N) is 1. The highest BCUT2D eigenvalue weighted by molar-refractivity contribution is 5.95. The Morgan fingerprint density at radius 3 is 2.65 bits per heavy atom. The normalized spacial score (nSPS) is 15.4. The van der Waals surface area contributed by atoms with Crippen LogP contribution in [0.5, 0.6) is 0 Å². The Morgan fingerprint density at radius 1 is 1.06 bits per heavy atom. The summed E-state index contributed by atoms with van der Waals surface area (Å²) in [5, 5.41) is 7.66. The lowest BCUT2D eigenvalue weighted by atomic mass is 9.95. The first-order valence-electron chi connectivity index (χ1n) is 10.8. The van der Waals surface area contributed by atoms with Gasteiger partial charge in [0.1, 0.15) is 18.4 Å². The lowest BCUT2D eigenvalue weighted by Crippen LogP contribution is -2.23. The molecule has 31 heavy (non-hydrogen) atoms. The third-order valence-corrected chi connectivity index (χ3v) is 5.75. The van der Waals surface area contributed by atoms with Crippen molar-refractivity contribution in [2.75, 3.05) is 16.4 Å². The van der Waals surface area contributed by atoms with E-state index in [1.807, 2.05) is 36.4 Å². The van der Waals surface area contributed by atoms with Gasteiger partial charge in [0.25, 0.3) is 0 Å². The molecule has 0 spiro atoms. The molecule has 7 heteroatoms. The van der Waals surface area contributed by atoms with Crippen LogP contribution in [0.15, 0.2) is 42.5 Å². The molecule has 0 radical (unpaired) electrons. The van der Waals surface area contributed by atoms with Crippen molar-refractivity contribution in [3.63, 3.8) is 0 Å². The molecule has 1 heterocycles. The molecule has 160 valence electrons. The summed E-state index contributed by atoms with van der Waals surface area (Å²) < 4.78 is 0. The number of rotatable bonds is 8. The van der Waals surface area contributed by atoms with Gasteiger partial charge in [0.15, 0.2) is 0 Å². The highest BCUT2D eigenvalue weighted by Crippen LogP contribution is 2.33. The van der Waals surface area contributed by atoms with Crippen molar-refractivity contribution < 1.29 is 9.59 Å². The number of hydrogen-bond acceptors (Lipinski definition) is 7. The quantitative estimate of drug-likeness (QED) is 0.471. The smallest absolute Gasteiger partial charge is 0.222 e. The van der Waals surface area contributed by atoms with Crippen molar-refractivity contribution in [2.24, 2.45) is 0 Å². The molecule has 4 N–H and O–H groups in total. The molecule has 1 unspecified atom stereocenters. The molecule has 1 aliphatic carbocycles. The van der Waals surface area contributed by atoms with E-state index in [0.717, 1.165) is 58.9 Å². The molecule has 0 aliphatic heterocycles. The number of fused-ring (bicyclic) bond motifs is 1. The number of carbonyl (C=O) groups is 2. The zero-order valence-corrected chi connectivity index (χ0v) is 17.4. The number of anilines is 3. The zero-order valence-electron chi connectivity index (χ0n) is 17.4. The van der Waals surface area contributed by atoms with Crippen LogP contribution in [0.2, 0.25) is 0 Å². The minimum absolute atomic E-state index is 0.123. The molecule has 0 bridgehead atoms. The lowest BCUT2D eigenvalue weighted by molar-refractivity contribution is -0.112. The van der Waals surface area contributed by atoms with Gasteiger partial charge in [-0.3, -0.25) is 0 Å². The molecule has 1 aliphatic rings. The molecule has 3 aromatic rings. The van der Waals surface area contributed by atoms with E-state index in [0.29, 0.717) is 6.04 Å². The third kappa shape index (κ3) is 4.82. The van der Waals surface area contributed by atoms with Gasteiger partial charge in [-0.1, -0.05) is 43.5 Å². The maximum Gasteiger partial charge on any atom is 0.222 e. The van der Waals surface area contributed by atoms with Crippen LogP contribution in [0.25, 0.3) is 22.0 Å². The molecule has 1 fully saturated rings. The standard InChI is InChI=1S/C24H27N5O2/c25-24-28-22-11-10-16(14-20(22)23(29-24)27-17-6-2-1-3-7-17)19-8-4-5-9-21(19)26-18(15-31)12-13-30/h4-5,8-11,13-15,17-18,26H,1-3,6-7,12H2,(H3,25,27,28,29). The average Bonchev–Trinajstić information content (AvgIpc) is 2.79. The summed E-state index contributed by atoms with van der Waals surface area (Å²) in [5.74, 6) is 1.01. The number of aldehydes is 2. The highest BCUT2D eigenvalue weighted by atomic mass is 16.1. The Hall–Kier alpha value is -3.48. The van der Waals surface area contributed by atoms with Crippen molar-refractivity contribution in [1.82, 2.24) is 9.97 Å². The second kappa shape index (κ2) is 9.55. The fourth-order valence-electron chi connectivity index (χ4n) is 4.18. The first-order valence-corrected chi connectivity index (χ1v) is 10.8. The van der Waals surface area contributed by atoms with E-state index in [1.54, 1.807) is 0 Å². The summed E-state index contributed by atoms with van der Waals surface area (Å²) in [5.41, 5.74) is 9.44. The van der Waals surface area contributed by atoms with Crippen LogP contribution in [-0.2, 0) is 9.59 Å². The van der Waals surface area contributed by atoms with Gasteiger partial charge in [0.05, 0.1) is 11.6 Å². The van der Waals surface area contributed by atoms with Crippen LogP contribution in [-0.4, -0.2) is 34.6 Å². The summed E-state index contributed by atoms with van der Waals surface area (Å²) >= 11 is 0. The van der Waals surface area contributed by atoms with Crippen molar-refractivity contribution in [2.45, 2.75) is 50.6 Å². The van der Waals surface area contributed by atoms with Crippen LogP contribution >= 0.6 is 0 Å². The van der Waals surface area contributed by atoms with Crippen molar-refractivity contribution in [1.29, 1.82) is 0 Å². The SMILES string of the molecule is Nc1nc(NC2CCCCC2)c2cc(-c3ccccc3NC(C=O)CC=O)ccc2n1. The Labute approximate surface area is 181 Å². The summed E-state index contributed by atoms with van der Waals surface area (Å²) in [6.07, 6.45) is 7.61. The van der Waals surface area contributed by atoms with Gasteiger partial charge >= 0.3 is 0 Å². The van der Waals surface area contributed by atoms with E-state index < -0.39 is 6.04 Å². The van der Waals surface area contributed by atoms with Crippen molar-refractivity contribution in [3.8, 4) is 11.1 Å². The Kier molecular flexibility index (Phi) is 6.40. The molecular weight excluding hydrogens is 390 g/mol. The summed E-state index contributed by atoms with van der Waals surface area (Å²) in [6, 6.07) is 13.5. The number of para-hydroxylation sites is 1. The number of benzene rings is 2. The second-order valence-electron chi connectivity index (χ2n) is 7.98. The van der Waals surface area contributed by atoms with Crippen LogP contribution in [0.4, 0.5) is 17.5 Å². The molecule has 0 saturated heterocycles. The van der Waals surface area contributed by atoms with Gasteiger partial charge in [0.2, 0.25) is 5.95 Å². The largest absolute Gasteiger partial charge is 0.375 e. The van der Waals surface area contributed by atoms with Gasteiger partial charge < -0.3 is 26.0 Å². The molecule has 7 nitrogen and oxygen atoms in total. The number of nitrogen functional groups attached to an aromatic ring is 1. The molecule has 1 aromatic heterocycles. The number of carbonyl (C=O) groups excluding carboxylic acids is 2. The van der Waals surface area contributed by atoms with E-state index in [2.05, 4.69) is 26.7 Å². The first-order chi connectivity index (χ1) is 15.2. The first kappa shape index (κ1) is 20.8. The monoisotopic (exact) mass is 417 g/mol. The highest BCUT2D eigenvalue weighted by Gasteiger charge is 2.17. The Morgan fingerprint density at radius 2 is 1.87 bits per heavy atom. The predicted octanol–water partition coefficient (Wildman–Crippen LogP) is 4.19. The van der Waals surface area contributed by atoms with Gasteiger partial charge in [0, 0.05) is 29.1 Å². The van der Waals surface area contributed by atoms with E-state index in [1.165, 1.54) is 19.3 Å². The molecular formula is C24H27N5O2. The molecule has 2 aromatic carbocycles. The van der Waals surface area contributed by atoms with Crippen molar-refractivity contribution in [3.05, 3.63) is 42.5 Å². The van der Waals surface area contributed by atoms with E-state index in [-0.39, 0.29) is 12.4 Å². The van der Waals surface area contributed by atoms with Crippen molar-refractivity contribution >= 4 is 40.9 Å². The molecule has 0 amide bonds. The number of nitrogens with one attached hydrogen (secondary N) is 2. The average molecular weight is 418 g/mol.